The molecule has 0 N–H and O–H groups in total. The quantitative estimate of drug-likeness (QED) is 0.630. The minimum absolute atomic E-state index is 0.824. The van der Waals surface area contributed by atoms with Crippen molar-refractivity contribution in [2.24, 2.45) is 0 Å². The van der Waals surface area contributed by atoms with Gasteiger partial charge in [0.05, 0.1) is 0 Å². The van der Waals surface area contributed by atoms with Gasteiger partial charge in [0.1, 0.15) is 0 Å². The van der Waals surface area contributed by atoms with Crippen molar-refractivity contribution in [3.05, 3.63) is 0 Å². The van der Waals surface area contributed by atoms with E-state index < -0.39 is 10.5 Å². The van der Waals surface area contributed by atoms with Crippen LogP contribution in [0.25, 0.3) is 0 Å². The van der Waals surface area contributed by atoms with Crippen molar-refractivity contribution in [3.63, 3.8) is 0 Å². The Balaban J connectivity index is 3.15. The van der Waals surface area contributed by atoms with Gasteiger partial charge in [-0.25, -0.2) is 0 Å². The topological polar surface area (TPSA) is 0 Å². The van der Waals surface area contributed by atoms with Gasteiger partial charge in [-0.05, 0) is 0 Å². The summed E-state index contributed by atoms with van der Waals surface area (Å²) in [5.41, 5.74) is 0. The van der Waals surface area contributed by atoms with Crippen LogP contribution in [0.5, 0.6) is 0 Å². The summed E-state index contributed by atoms with van der Waals surface area (Å²) >= 11 is 0. The molecule has 0 heterocycles. The molecule has 0 fully saturated rings. The molecule has 0 bridgehead atoms. The molecule has 0 aromatic heterocycles. The number of rotatable bonds is 2. The van der Waals surface area contributed by atoms with Crippen molar-refractivity contribution in [1.82, 2.24) is 0 Å². The molecule has 0 aromatic carbocycles. The molecule has 0 aliphatic heterocycles. The summed E-state index contributed by atoms with van der Waals surface area (Å²) in [5, 5.41) is 0.824. The molecule has 0 spiro atoms. The Labute approximate surface area is 59.0 Å². The van der Waals surface area contributed by atoms with Crippen molar-refractivity contribution < 1.29 is 0 Å². The van der Waals surface area contributed by atoms with Crippen molar-refractivity contribution in [3.8, 4) is 0 Å². The molecule has 0 nitrogen and oxygen atoms in total. The minimum atomic E-state index is -2.66. The molecule has 0 rings (SSSR count). The van der Waals surface area contributed by atoms with Crippen molar-refractivity contribution in [1.29, 1.82) is 0 Å². The summed E-state index contributed by atoms with van der Waals surface area (Å²) in [4.78, 5) is 0. The monoisotopic (exact) mass is 222 g/mol. The Hall–Kier alpha value is 1.41. The first kappa shape index (κ1) is 8.41. The van der Waals surface area contributed by atoms with Crippen molar-refractivity contribution in [2.75, 3.05) is 0 Å². The van der Waals surface area contributed by atoms with Gasteiger partial charge in [-0.3, -0.25) is 0 Å². The fourth-order valence-corrected chi connectivity index (χ4v) is 4.42. The van der Waals surface area contributed by atoms with E-state index in [4.69, 9.17) is 30.0 Å². The first-order chi connectivity index (χ1) is 3.06. The first-order valence-electron chi connectivity index (χ1n) is 2.13. The maximum absolute atomic E-state index is 5.55. The van der Waals surface area contributed by atoms with Crippen LogP contribution in [0.3, 0.4) is 0 Å². The Morgan fingerprint density at radius 3 is 1.71 bits per heavy atom. The zero-order valence-corrected chi connectivity index (χ0v) is 8.41. The molecule has 0 unspecified atom stereocenters. The molecule has 0 atom stereocenters. The second-order valence-electron chi connectivity index (χ2n) is 1.37. The van der Waals surface area contributed by atoms with E-state index in [2.05, 4.69) is 0 Å². The van der Waals surface area contributed by atoms with Gasteiger partial charge in [-0.15, -0.1) is 0 Å². The van der Waals surface area contributed by atoms with Crippen LogP contribution in [0.4, 0.5) is 0 Å². The average Bonchev–Trinajstić information content (AvgIpc) is 1.30. The molecule has 0 saturated heterocycles. The van der Waals surface area contributed by atoms with Crippen LogP contribution in [0.15, 0.2) is 0 Å². The van der Waals surface area contributed by atoms with Gasteiger partial charge in [-0.1, -0.05) is 0 Å². The summed E-state index contributed by atoms with van der Waals surface area (Å²) in [6.07, 6.45) is 0.997. The van der Waals surface area contributed by atoms with Crippen molar-refractivity contribution in [2.45, 2.75) is 18.6 Å². The fourth-order valence-electron chi connectivity index (χ4n) is 0.283. The van der Waals surface area contributed by atoms with Gasteiger partial charge in [-0.2, -0.15) is 0 Å². The molecule has 7 heavy (non-hydrogen) atoms. The zero-order chi connectivity index (χ0) is 5.91. The zero-order valence-electron chi connectivity index (χ0n) is 4.05. The third-order valence-electron chi connectivity index (χ3n) is 0.533. The van der Waals surface area contributed by atoms with E-state index in [-0.39, 0.29) is 0 Å². The second-order valence-corrected chi connectivity index (χ2v) is 18.1. The molecule has 0 amide bonds. The molecule has 0 aliphatic carbocycles. The summed E-state index contributed by atoms with van der Waals surface area (Å²) in [5.74, 6) is 0. The summed E-state index contributed by atoms with van der Waals surface area (Å²) in [6.45, 7) is 2.02. The van der Waals surface area contributed by atoms with Crippen LogP contribution < -0.4 is 0 Å². The summed E-state index contributed by atoms with van der Waals surface area (Å²) < 4.78 is 0. The molecule has 0 aromatic rings. The number of hydrogen-bond acceptors (Lipinski definition) is 0. The van der Waals surface area contributed by atoms with E-state index in [1.165, 1.54) is 0 Å². The van der Waals surface area contributed by atoms with E-state index in [9.17, 15) is 0 Å². The predicted octanol–water partition coefficient (Wildman–Crippen LogP) is 3.05. The predicted molar refractivity (Wildman–Crippen MR) is 38.4 cm³/mol. The number of hydrogen-bond donors (Lipinski definition) is 0. The molecule has 4 heteroatoms. The van der Waals surface area contributed by atoms with E-state index >= 15 is 0 Å². The molecular weight excluding hydrogens is 215 g/mol. The van der Waals surface area contributed by atoms with E-state index in [0.717, 1.165) is 11.7 Å². The molecule has 0 radical (unpaired) electrons. The van der Waals surface area contributed by atoms with Crippen LogP contribution in [0.2, 0.25) is 5.25 Å². The Morgan fingerprint density at radius 1 is 1.29 bits per heavy atom. The Bertz CT molecular complexity index is 48.6. The Kier molecular flexibility index (Phi) is 4.14. The van der Waals surface area contributed by atoms with Gasteiger partial charge < -0.3 is 0 Å². The van der Waals surface area contributed by atoms with Crippen molar-refractivity contribution >= 4 is 40.5 Å². The molecule has 44 valence electrons. The second kappa shape index (κ2) is 3.44. The maximum atomic E-state index is 5.55. The van der Waals surface area contributed by atoms with E-state index in [1.807, 2.05) is 6.92 Å². The van der Waals surface area contributed by atoms with Crippen LogP contribution in [-0.4, -0.2) is 10.5 Å². The van der Waals surface area contributed by atoms with Gasteiger partial charge in [0, 0.05) is 0 Å². The van der Waals surface area contributed by atoms with Gasteiger partial charge >= 0.3 is 59.1 Å². The average molecular weight is 222 g/mol. The first-order valence-corrected chi connectivity index (χ1v) is 11.9. The number of halogens is 3. The van der Waals surface area contributed by atoms with Crippen LogP contribution >= 0.6 is 30.0 Å². The van der Waals surface area contributed by atoms with Crippen LogP contribution in [-0.2, 0) is 0 Å². The third-order valence-corrected chi connectivity index (χ3v) is 5.72. The van der Waals surface area contributed by atoms with Crippen LogP contribution in [0, 0.1) is 0 Å². The standard InChI is InChI=1S/C3H7Cl3Ge/c1-2-3-7(4,5)6/h2-3H2,1H3. The molecule has 0 aliphatic rings. The van der Waals surface area contributed by atoms with Gasteiger partial charge in [0.25, 0.3) is 0 Å². The normalized spacial score (nSPS) is 12.0. The van der Waals surface area contributed by atoms with Crippen LogP contribution in [0.1, 0.15) is 13.3 Å². The van der Waals surface area contributed by atoms with E-state index in [0.29, 0.717) is 0 Å². The SMILES string of the molecule is CC[CH2][Ge]([Cl])([Cl])[Cl]. The van der Waals surface area contributed by atoms with E-state index in [1.54, 1.807) is 0 Å². The molecular formula is C3H7Cl3Ge. The Morgan fingerprint density at radius 2 is 1.71 bits per heavy atom. The fraction of sp³-hybridized carbons (Fsp3) is 1.00. The molecule has 0 saturated carbocycles. The third kappa shape index (κ3) is 7.41. The van der Waals surface area contributed by atoms with Gasteiger partial charge in [0.2, 0.25) is 0 Å². The van der Waals surface area contributed by atoms with Gasteiger partial charge in [0.15, 0.2) is 0 Å². The summed E-state index contributed by atoms with van der Waals surface area (Å²) in [6, 6.07) is 0. The summed E-state index contributed by atoms with van der Waals surface area (Å²) in [7, 11) is 14.0.